The molecule has 3 N–H and O–H groups in total. The Morgan fingerprint density at radius 2 is 1.86 bits per heavy atom. The number of hydrogen-bond acceptors (Lipinski definition) is 5. The zero-order valence-electron chi connectivity index (χ0n) is 22.5. The largest absolute Gasteiger partial charge is 0.393 e. The SMILES string of the molecule is C[C@H](CCc1ncc2cccc(F)c2n1)[C@H]1CC[C@H]2[C@@H]3[C@H](O)C[C@@H]4C[C@H](O)CC[C@]4(C)[C@H]3C[C@H](O)[C@]12C. The molecule has 0 aliphatic heterocycles. The number of halogens is 1. The minimum atomic E-state index is -0.380. The molecule has 0 unspecified atom stereocenters. The molecule has 0 spiro atoms. The lowest BCUT2D eigenvalue weighted by atomic mass is 9.43. The molecule has 4 aliphatic rings. The lowest BCUT2D eigenvalue weighted by Gasteiger charge is -2.63. The number of aliphatic hydroxyl groups is 3. The van der Waals surface area contributed by atoms with Crippen molar-refractivity contribution in [3.8, 4) is 0 Å². The first-order valence-corrected chi connectivity index (χ1v) is 14.6. The molecule has 6 heteroatoms. The van der Waals surface area contributed by atoms with Crippen molar-refractivity contribution in [2.24, 2.45) is 46.3 Å². The van der Waals surface area contributed by atoms with Crippen molar-refractivity contribution in [1.29, 1.82) is 0 Å². The summed E-state index contributed by atoms with van der Waals surface area (Å²) in [6, 6.07) is 4.96. The quantitative estimate of drug-likeness (QED) is 0.520. The third-order valence-electron chi connectivity index (χ3n) is 12.0. The van der Waals surface area contributed by atoms with Crippen LogP contribution in [0.15, 0.2) is 24.4 Å². The van der Waals surface area contributed by atoms with E-state index in [0.29, 0.717) is 47.4 Å². The maximum Gasteiger partial charge on any atom is 0.149 e. The Kier molecular flexibility index (Phi) is 6.40. The van der Waals surface area contributed by atoms with Crippen LogP contribution in [0.3, 0.4) is 0 Å². The molecular weight excluding hydrogens is 467 g/mol. The van der Waals surface area contributed by atoms with Gasteiger partial charge in [-0.3, -0.25) is 0 Å². The van der Waals surface area contributed by atoms with E-state index in [4.69, 9.17) is 0 Å². The molecule has 0 saturated heterocycles. The highest BCUT2D eigenvalue weighted by atomic mass is 19.1. The van der Waals surface area contributed by atoms with E-state index < -0.39 is 0 Å². The second kappa shape index (κ2) is 9.24. The first-order chi connectivity index (χ1) is 17.6. The van der Waals surface area contributed by atoms with Crippen LogP contribution < -0.4 is 0 Å². The van der Waals surface area contributed by atoms with Crippen molar-refractivity contribution < 1.29 is 19.7 Å². The normalized spacial score (nSPS) is 44.2. The van der Waals surface area contributed by atoms with Crippen LogP contribution in [0, 0.1) is 52.2 Å². The zero-order chi connectivity index (χ0) is 26.1. The third-order valence-corrected chi connectivity index (χ3v) is 12.0. The van der Waals surface area contributed by atoms with Gasteiger partial charge in [-0.2, -0.15) is 0 Å². The molecule has 1 heterocycles. The Balaban J connectivity index is 1.20. The number of hydrogen-bond donors (Lipinski definition) is 3. The molecule has 1 aromatic carbocycles. The van der Waals surface area contributed by atoms with E-state index in [1.54, 1.807) is 12.3 Å². The van der Waals surface area contributed by atoms with E-state index in [-0.39, 0.29) is 40.9 Å². The Labute approximate surface area is 219 Å². The van der Waals surface area contributed by atoms with E-state index in [0.717, 1.165) is 56.8 Å². The number of aliphatic hydroxyl groups excluding tert-OH is 3. The van der Waals surface area contributed by atoms with Gasteiger partial charge in [-0.05, 0) is 104 Å². The molecule has 0 bridgehead atoms. The smallest absolute Gasteiger partial charge is 0.149 e. The molecule has 0 amide bonds. The molecule has 0 radical (unpaired) electrons. The van der Waals surface area contributed by atoms with E-state index in [1.165, 1.54) is 6.07 Å². The number of rotatable bonds is 4. The number of benzene rings is 1. The van der Waals surface area contributed by atoms with Gasteiger partial charge < -0.3 is 15.3 Å². The summed E-state index contributed by atoms with van der Waals surface area (Å²) in [5.74, 6) is 2.31. The predicted molar refractivity (Wildman–Crippen MR) is 141 cm³/mol. The first kappa shape index (κ1) is 25.6. The average Bonchev–Trinajstić information content (AvgIpc) is 3.23. The number of aryl methyl sites for hydroxylation is 1. The lowest BCUT2D eigenvalue weighted by Crippen LogP contribution is -2.62. The van der Waals surface area contributed by atoms with E-state index in [2.05, 4.69) is 30.7 Å². The van der Waals surface area contributed by atoms with Gasteiger partial charge in [0.15, 0.2) is 0 Å². The van der Waals surface area contributed by atoms with Crippen molar-refractivity contribution in [2.45, 2.75) is 96.9 Å². The molecule has 5 nitrogen and oxygen atoms in total. The summed E-state index contributed by atoms with van der Waals surface area (Å²) in [6.07, 6.45) is 8.62. The van der Waals surface area contributed by atoms with Crippen LogP contribution in [0.1, 0.15) is 78.0 Å². The molecule has 4 saturated carbocycles. The summed E-state index contributed by atoms with van der Waals surface area (Å²) in [6.45, 7) is 6.96. The average molecular weight is 511 g/mol. The van der Waals surface area contributed by atoms with Crippen LogP contribution in [0.4, 0.5) is 4.39 Å². The van der Waals surface area contributed by atoms with Crippen molar-refractivity contribution in [3.05, 3.63) is 36.0 Å². The summed E-state index contributed by atoms with van der Waals surface area (Å²) in [7, 11) is 0. The van der Waals surface area contributed by atoms with Gasteiger partial charge in [0.2, 0.25) is 0 Å². The Bertz CT molecular complexity index is 1160. The van der Waals surface area contributed by atoms with E-state index in [9.17, 15) is 19.7 Å². The highest BCUT2D eigenvalue weighted by molar-refractivity contribution is 5.77. The summed E-state index contributed by atoms with van der Waals surface area (Å²) in [4.78, 5) is 9.01. The van der Waals surface area contributed by atoms with Gasteiger partial charge in [0.1, 0.15) is 17.2 Å². The topological polar surface area (TPSA) is 86.5 Å². The van der Waals surface area contributed by atoms with Crippen molar-refractivity contribution in [3.63, 3.8) is 0 Å². The van der Waals surface area contributed by atoms with Gasteiger partial charge in [0.25, 0.3) is 0 Å². The van der Waals surface area contributed by atoms with Crippen molar-refractivity contribution in [2.75, 3.05) is 0 Å². The summed E-state index contributed by atoms with van der Waals surface area (Å²) in [5.41, 5.74) is 0.266. The van der Waals surface area contributed by atoms with Crippen molar-refractivity contribution >= 4 is 10.9 Å². The van der Waals surface area contributed by atoms with Gasteiger partial charge >= 0.3 is 0 Å². The van der Waals surface area contributed by atoms with E-state index >= 15 is 0 Å². The fourth-order valence-corrected chi connectivity index (χ4v) is 9.87. The second-order valence-electron chi connectivity index (χ2n) is 13.5. The predicted octanol–water partition coefficient (Wildman–Crippen LogP) is 5.30. The fraction of sp³-hybridized carbons (Fsp3) is 0.742. The number of nitrogens with zero attached hydrogens (tertiary/aromatic N) is 2. The van der Waals surface area contributed by atoms with Crippen LogP contribution in [0.25, 0.3) is 10.9 Å². The summed E-state index contributed by atoms with van der Waals surface area (Å²) >= 11 is 0. The van der Waals surface area contributed by atoms with Crippen LogP contribution in [-0.4, -0.2) is 43.6 Å². The minimum absolute atomic E-state index is 0.0951. The van der Waals surface area contributed by atoms with Crippen LogP contribution in [0.2, 0.25) is 0 Å². The molecule has 4 fully saturated rings. The molecule has 37 heavy (non-hydrogen) atoms. The van der Waals surface area contributed by atoms with Gasteiger partial charge in [-0.1, -0.05) is 32.9 Å². The Morgan fingerprint density at radius 3 is 2.68 bits per heavy atom. The molecule has 4 aliphatic carbocycles. The molecular formula is C31H43FN2O3. The Hall–Kier alpha value is -1.63. The molecule has 2 aromatic rings. The zero-order valence-corrected chi connectivity index (χ0v) is 22.5. The van der Waals surface area contributed by atoms with Gasteiger partial charge in [-0.15, -0.1) is 0 Å². The third kappa shape index (κ3) is 3.96. The molecule has 202 valence electrons. The van der Waals surface area contributed by atoms with Gasteiger partial charge in [-0.25, -0.2) is 14.4 Å². The van der Waals surface area contributed by atoms with Gasteiger partial charge in [0.05, 0.1) is 18.3 Å². The monoisotopic (exact) mass is 510 g/mol. The van der Waals surface area contributed by atoms with Crippen LogP contribution in [-0.2, 0) is 6.42 Å². The highest BCUT2D eigenvalue weighted by Gasteiger charge is 2.65. The number of aromatic nitrogens is 2. The van der Waals surface area contributed by atoms with Gasteiger partial charge in [0, 0.05) is 18.0 Å². The summed E-state index contributed by atoms with van der Waals surface area (Å²) < 4.78 is 14.3. The highest BCUT2D eigenvalue weighted by Crippen LogP contribution is 2.68. The second-order valence-corrected chi connectivity index (χ2v) is 13.5. The van der Waals surface area contributed by atoms with Crippen molar-refractivity contribution in [1.82, 2.24) is 9.97 Å². The maximum absolute atomic E-state index is 14.3. The summed E-state index contributed by atoms with van der Waals surface area (Å²) in [5, 5.41) is 34.3. The first-order valence-electron chi connectivity index (χ1n) is 14.6. The van der Waals surface area contributed by atoms with Crippen LogP contribution in [0.5, 0.6) is 0 Å². The molecule has 6 rings (SSSR count). The van der Waals surface area contributed by atoms with Crippen LogP contribution >= 0.6 is 0 Å². The maximum atomic E-state index is 14.3. The number of fused-ring (bicyclic) bond motifs is 6. The molecule has 1 aromatic heterocycles. The van der Waals surface area contributed by atoms with E-state index in [1.807, 2.05) is 6.07 Å². The minimum Gasteiger partial charge on any atom is -0.393 e. The molecule has 11 atom stereocenters. The standard InChI is InChI=1S/C31H43FN2O3/c1-17(7-10-27-33-16-18-5-4-6-24(32)29(18)34-27)21-8-9-22-28-23(15-26(37)31(21,22)3)30(2)12-11-20(35)13-19(30)14-25(28)36/h4-6,16-17,19-23,25-26,28,35-37H,7-15H2,1-3H3/t17-,19+,20-,21-,22+,23+,25-,26+,28+,30+,31-/m1/s1. The fourth-order valence-electron chi connectivity index (χ4n) is 9.87. The number of para-hydroxylation sites is 1. The lowest BCUT2D eigenvalue weighted by molar-refractivity contribution is -0.207. The Morgan fingerprint density at radius 1 is 1.05 bits per heavy atom.